The summed E-state index contributed by atoms with van der Waals surface area (Å²) in [4.78, 5) is 34.3. The van der Waals surface area contributed by atoms with Crippen LogP contribution in [-0.4, -0.2) is 66.9 Å². The molecule has 23 heavy (non-hydrogen) atoms. The largest absolute Gasteiger partial charge is 0.481 e. The number of hydrogen-bond donors (Lipinski definition) is 2. The number of quaternary nitrogens is 1. The first kappa shape index (κ1) is 21.4. The highest BCUT2D eigenvalue weighted by Crippen LogP contribution is 2.24. The lowest BCUT2D eigenvalue weighted by molar-refractivity contribution is -0.870. The molecule has 0 spiro atoms. The predicted molar refractivity (Wildman–Crippen MR) is 84.8 cm³/mol. The van der Waals surface area contributed by atoms with Crippen LogP contribution in [0.25, 0.3) is 0 Å². The SMILES string of the molecule is CCC(CC(CC(C)C(=O)O)C(=O)O)C(=O)OCC[N+](C)(C)C. The highest BCUT2D eigenvalue weighted by Gasteiger charge is 2.30. The van der Waals surface area contributed by atoms with Gasteiger partial charge in [-0.15, -0.1) is 0 Å². The molecule has 0 saturated heterocycles. The van der Waals surface area contributed by atoms with Gasteiger partial charge in [-0.1, -0.05) is 13.8 Å². The van der Waals surface area contributed by atoms with Crippen molar-refractivity contribution >= 4 is 17.9 Å². The molecule has 3 atom stereocenters. The van der Waals surface area contributed by atoms with Gasteiger partial charge in [0, 0.05) is 0 Å². The number of carboxylic acid groups (broad SMARTS) is 2. The summed E-state index contributed by atoms with van der Waals surface area (Å²) in [6.45, 7) is 4.22. The van der Waals surface area contributed by atoms with Gasteiger partial charge in [0.2, 0.25) is 0 Å². The number of carbonyl (C=O) groups is 3. The molecule has 0 rings (SSSR count). The minimum atomic E-state index is -1.07. The maximum atomic E-state index is 12.1. The van der Waals surface area contributed by atoms with Crippen LogP contribution in [0.5, 0.6) is 0 Å². The van der Waals surface area contributed by atoms with E-state index in [1.54, 1.807) is 6.92 Å². The molecular formula is C16H30NO6+. The molecule has 0 bridgehead atoms. The summed E-state index contributed by atoms with van der Waals surface area (Å²) >= 11 is 0. The number of carboxylic acids is 2. The Hall–Kier alpha value is -1.63. The number of carbonyl (C=O) groups excluding carboxylic acids is 1. The van der Waals surface area contributed by atoms with E-state index in [4.69, 9.17) is 9.84 Å². The Kier molecular flexibility index (Phi) is 8.82. The van der Waals surface area contributed by atoms with Crippen LogP contribution >= 0.6 is 0 Å². The number of ether oxygens (including phenoxy) is 1. The fourth-order valence-corrected chi connectivity index (χ4v) is 2.14. The van der Waals surface area contributed by atoms with Gasteiger partial charge in [-0.2, -0.15) is 0 Å². The molecule has 0 amide bonds. The van der Waals surface area contributed by atoms with Gasteiger partial charge in [0.1, 0.15) is 13.2 Å². The minimum absolute atomic E-state index is 0.00727. The average Bonchev–Trinajstić information content (AvgIpc) is 2.40. The first-order valence-corrected chi connectivity index (χ1v) is 7.90. The Morgan fingerprint density at radius 1 is 1.00 bits per heavy atom. The van der Waals surface area contributed by atoms with E-state index in [-0.39, 0.29) is 19.4 Å². The van der Waals surface area contributed by atoms with E-state index in [0.717, 1.165) is 0 Å². The summed E-state index contributed by atoms with van der Waals surface area (Å²) in [7, 11) is 5.96. The van der Waals surface area contributed by atoms with Crippen LogP contribution in [0, 0.1) is 17.8 Å². The van der Waals surface area contributed by atoms with E-state index in [2.05, 4.69) is 0 Å². The maximum absolute atomic E-state index is 12.1. The summed E-state index contributed by atoms with van der Waals surface area (Å²) in [5, 5.41) is 18.2. The molecule has 0 heterocycles. The van der Waals surface area contributed by atoms with Crippen LogP contribution in [0.1, 0.15) is 33.1 Å². The van der Waals surface area contributed by atoms with Crippen molar-refractivity contribution in [3.8, 4) is 0 Å². The lowest BCUT2D eigenvalue weighted by Gasteiger charge is -2.24. The second-order valence-electron chi connectivity index (χ2n) is 7.03. The Morgan fingerprint density at radius 2 is 1.57 bits per heavy atom. The Balaban J connectivity index is 4.64. The van der Waals surface area contributed by atoms with Crippen molar-refractivity contribution in [2.75, 3.05) is 34.3 Å². The fourth-order valence-electron chi connectivity index (χ4n) is 2.14. The monoisotopic (exact) mass is 332 g/mol. The van der Waals surface area contributed by atoms with Gasteiger partial charge < -0.3 is 19.4 Å². The van der Waals surface area contributed by atoms with Gasteiger partial charge in [-0.3, -0.25) is 14.4 Å². The maximum Gasteiger partial charge on any atom is 0.309 e. The number of rotatable bonds is 11. The molecule has 0 saturated carbocycles. The quantitative estimate of drug-likeness (QED) is 0.439. The lowest BCUT2D eigenvalue weighted by Crippen LogP contribution is -2.38. The summed E-state index contributed by atoms with van der Waals surface area (Å²) in [5.74, 6) is -4.66. The van der Waals surface area contributed by atoms with Crippen LogP contribution in [0.4, 0.5) is 0 Å². The normalized spacial score (nSPS) is 15.5. The predicted octanol–water partition coefficient (Wildman–Crippen LogP) is 1.46. The highest BCUT2D eigenvalue weighted by atomic mass is 16.5. The van der Waals surface area contributed by atoms with Crippen molar-refractivity contribution in [3.05, 3.63) is 0 Å². The lowest BCUT2D eigenvalue weighted by atomic mass is 9.86. The van der Waals surface area contributed by atoms with Crippen LogP contribution in [0.15, 0.2) is 0 Å². The number of esters is 1. The second kappa shape index (κ2) is 9.50. The molecule has 3 unspecified atom stereocenters. The molecule has 0 radical (unpaired) electrons. The molecule has 2 N–H and O–H groups in total. The summed E-state index contributed by atoms with van der Waals surface area (Å²) in [6, 6.07) is 0. The van der Waals surface area contributed by atoms with Crippen molar-refractivity contribution in [1.29, 1.82) is 0 Å². The van der Waals surface area contributed by atoms with E-state index in [0.29, 0.717) is 17.4 Å². The number of aliphatic carboxylic acids is 2. The van der Waals surface area contributed by atoms with Gasteiger partial charge in [-0.25, -0.2) is 0 Å². The van der Waals surface area contributed by atoms with Gasteiger partial charge >= 0.3 is 17.9 Å². The summed E-state index contributed by atoms with van der Waals surface area (Å²) in [6.07, 6.45) is 0.578. The zero-order valence-corrected chi connectivity index (χ0v) is 14.7. The average molecular weight is 332 g/mol. The molecule has 0 aliphatic rings. The fraction of sp³-hybridized carbons (Fsp3) is 0.812. The molecule has 7 nitrogen and oxygen atoms in total. The Labute approximate surface area is 137 Å². The van der Waals surface area contributed by atoms with E-state index in [1.165, 1.54) is 6.92 Å². The van der Waals surface area contributed by atoms with Crippen molar-refractivity contribution in [3.63, 3.8) is 0 Å². The first-order chi connectivity index (χ1) is 10.5. The Morgan fingerprint density at radius 3 is 1.96 bits per heavy atom. The smallest absolute Gasteiger partial charge is 0.309 e. The van der Waals surface area contributed by atoms with Gasteiger partial charge in [-0.05, 0) is 19.3 Å². The van der Waals surface area contributed by atoms with E-state index < -0.39 is 35.7 Å². The highest BCUT2D eigenvalue weighted by molar-refractivity contribution is 5.76. The molecule has 134 valence electrons. The van der Waals surface area contributed by atoms with Crippen LogP contribution in [0.2, 0.25) is 0 Å². The Bertz CT molecular complexity index is 415. The minimum Gasteiger partial charge on any atom is -0.481 e. The van der Waals surface area contributed by atoms with Crippen molar-refractivity contribution in [1.82, 2.24) is 0 Å². The second-order valence-corrected chi connectivity index (χ2v) is 7.03. The summed E-state index contributed by atoms with van der Waals surface area (Å²) in [5.41, 5.74) is 0. The summed E-state index contributed by atoms with van der Waals surface area (Å²) < 4.78 is 5.90. The van der Waals surface area contributed by atoms with Crippen molar-refractivity contribution < 1.29 is 33.8 Å². The standard InChI is InChI=1S/C16H29NO6/c1-6-12(16(22)23-8-7-17(3,4)5)10-13(15(20)21)9-11(2)14(18)19/h11-13H,6-10H2,1-5H3,(H-,18,19,20,21)/p+1. The molecule has 0 aromatic carbocycles. The van der Waals surface area contributed by atoms with E-state index >= 15 is 0 Å². The van der Waals surface area contributed by atoms with E-state index in [1.807, 2.05) is 21.1 Å². The van der Waals surface area contributed by atoms with E-state index in [9.17, 15) is 19.5 Å². The third-order valence-corrected chi connectivity index (χ3v) is 3.81. The number of hydrogen-bond acceptors (Lipinski definition) is 4. The van der Waals surface area contributed by atoms with Crippen LogP contribution < -0.4 is 0 Å². The molecule has 0 fully saturated rings. The van der Waals surface area contributed by atoms with Crippen molar-refractivity contribution in [2.45, 2.75) is 33.1 Å². The molecule has 0 aliphatic carbocycles. The topological polar surface area (TPSA) is 101 Å². The molecule has 0 aliphatic heterocycles. The molecule has 0 aromatic heterocycles. The van der Waals surface area contributed by atoms with Gasteiger partial charge in [0.15, 0.2) is 0 Å². The van der Waals surface area contributed by atoms with Crippen LogP contribution in [-0.2, 0) is 19.1 Å². The third-order valence-electron chi connectivity index (χ3n) is 3.81. The van der Waals surface area contributed by atoms with Gasteiger partial charge in [0.25, 0.3) is 0 Å². The van der Waals surface area contributed by atoms with Crippen LogP contribution in [0.3, 0.4) is 0 Å². The zero-order chi connectivity index (χ0) is 18.2. The first-order valence-electron chi connectivity index (χ1n) is 7.90. The molecular weight excluding hydrogens is 302 g/mol. The molecule has 7 heteroatoms. The molecule has 0 aromatic rings. The number of likely N-dealkylation sites (N-methyl/N-ethyl adjacent to an activating group) is 1. The van der Waals surface area contributed by atoms with Crippen molar-refractivity contribution in [2.24, 2.45) is 17.8 Å². The zero-order valence-electron chi connectivity index (χ0n) is 14.7. The number of nitrogens with zero attached hydrogens (tertiary/aromatic N) is 1. The third kappa shape index (κ3) is 9.18. The van der Waals surface area contributed by atoms with Gasteiger partial charge in [0.05, 0.1) is 38.9 Å².